The van der Waals surface area contributed by atoms with E-state index in [1.165, 1.54) is 6.92 Å². The van der Waals surface area contributed by atoms with Crippen LogP contribution in [-0.4, -0.2) is 10.8 Å². The molecule has 0 spiro atoms. The first-order valence-electron chi connectivity index (χ1n) is 5.67. The zero-order chi connectivity index (χ0) is 12.6. The predicted molar refractivity (Wildman–Crippen MR) is 67.0 cm³/mol. The fourth-order valence-electron chi connectivity index (χ4n) is 1.80. The molecule has 4 nitrogen and oxygen atoms in total. The van der Waals surface area contributed by atoms with Crippen LogP contribution >= 0.6 is 0 Å². The molecule has 4 heteroatoms. The Balaban J connectivity index is 2.59. The molecule has 1 heterocycles. The molecule has 0 radical (unpaired) electrons. The number of nitrogen functional groups attached to an aromatic ring is 1. The molecule has 0 amide bonds. The number of rotatable bonds is 3. The van der Waals surface area contributed by atoms with Gasteiger partial charge in [-0.3, -0.25) is 4.79 Å². The minimum absolute atomic E-state index is 0.0606. The van der Waals surface area contributed by atoms with Crippen LogP contribution in [0.2, 0.25) is 0 Å². The third kappa shape index (κ3) is 2.30. The lowest BCUT2D eigenvalue weighted by molar-refractivity contribution is 0.101. The standard InChI is InChI=1S/C13H16N2O2/c1-7(2)4-12-15-11-6-9(14)5-10(8(3)16)13(11)17-12/h5-7H,4,14H2,1-3H3. The number of benzene rings is 1. The lowest BCUT2D eigenvalue weighted by Gasteiger charge is -1.99. The molecule has 17 heavy (non-hydrogen) atoms. The first-order valence-corrected chi connectivity index (χ1v) is 5.67. The summed E-state index contributed by atoms with van der Waals surface area (Å²) in [6.07, 6.45) is 0.756. The fourth-order valence-corrected chi connectivity index (χ4v) is 1.80. The van der Waals surface area contributed by atoms with Crippen molar-refractivity contribution in [2.75, 3.05) is 5.73 Å². The maximum absolute atomic E-state index is 11.5. The summed E-state index contributed by atoms with van der Waals surface area (Å²) in [7, 11) is 0. The van der Waals surface area contributed by atoms with Crippen LogP contribution in [0.25, 0.3) is 11.1 Å². The van der Waals surface area contributed by atoms with E-state index >= 15 is 0 Å². The van der Waals surface area contributed by atoms with Gasteiger partial charge in [-0.2, -0.15) is 0 Å². The van der Waals surface area contributed by atoms with E-state index in [2.05, 4.69) is 18.8 Å². The lowest BCUT2D eigenvalue weighted by Crippen LogP contribution is -1.95. The Labute approximate surface area is 99.8 Å². The highest BCUT2D eigenvalue weighted by atomic mass is 16.3. The van der Waals surface area contributed by atoms with Crippen LogP contribution in [-0.2, 0) is 6.42 Å². The van der Waals surface area contributed by atoms with E-state index in [9.17, 15) is 4.79 Å². The number of nitrogens with two attached hydrogens (primary N) is 1. The summed E-state index contributed by atoms with van der Waals surface area (Å²) < 4.78 is 5.64. The fraction of sp³-hybridized carbons (Fsp3) is 0.385. The number of ketones is 1. The summed E-state index contributed by atoms with van der Waals surface area (Å²) in [4.78, 5) is 15.9. The van der Waals surface area contributed by atoms with E-state index in [1.807, 2.05) is 0 Å². The van der Waals surface area contributed by atoms with Gasteiger partial charge in [0.05, 0.1) is 5.56 Å². The Hall–Kier alpha value is -1.84. The number of Topliss-reactive ketones (excluding diaryl/α,β-unsaturated/α-hetero) is 1. The first-order chi connectivity index (χ1) is 7.97. The summed E-state index contributed by atoms with van der Waals surface area (Å²) in [5, 5.41) is 0. The molecular formula is C13H16N2O2. The number of anilines is 1. The molecule has 0 aliphatic rings. The zero-order valence-corrected chi connectivity index (χ0v) is 10.3. The van der Waals surface area contributed by atoms with Crippen LogP contribution in [0.5, 0.6) is 0 Å². The van der Waals surface area contributed by atoms with Crippen LogP contribution in [0.15, 0.2) is 16.5 Å². The minimum Gasteiger partial charge on any atom is -0.440 e. The number of fused-ring (bicyclic) bond motifs is 1. The molecule has 2 N–H and O–H groups in total. The summed E-state index contributed by atoms with van der Waals surface area (Å²) in [6, 6.07) is 3.37. The van der Waals surface area contributed by atoms with Crippen LogP contribution in [0.3, 0.4) is 0 Å². The molecular weight excluding hydrogens is 216 g/mol. The van der Waals surface area contributed by atoms with Crippen molar-refractivity contribution in [3.05, 3.63) is 23.6 Å². The van der Waals surface area contributed by atoms with Gasteiger partial charge in [-0.1, -0.05) is 13.8 Å². The summed E-state index contributed by atoms with van der Waals surface area (Å²) in [5.41, 5.74) is 7.98. The quantitative estimate of drug-likeness (QED) is 0.652. The van der Waals surface area contributed by atoms with Crippen molar-refractivity contribution in [1.82, 2.24) is 4.98 Å². The van der Waals surface area contributed by atoms with Crippen LogP contribution in [0, 0.1) is 5.92 Å². The van der Waals surface area contributed by atoms with Gasteiger partial charge in [0.2, 0.25) is 0 Å². The molecule has 0 atom stereocenters. The summed E-state index contributed by atoms with van der Waals surface area (Å²) >= 11 is 0. The molecule has 0 saturated carbocycles. The minimum atomic E-state index is -0.0606. The van der Waals surface area contributed by atoms with Crippen LogP contribution < -0.4 is 5.73 Å². The molecule has 0 unspecified atom stereocenters. The van der Waals surface area contributed by atoms with Gasteiger partial charge in [0.15, 0.2) is 17.3 Å². The number of carbonyl (C=O) groups excluding carboxylic acids is 1. The van der Waals surface area contributed by atoms with Crippen molar-refractivity contribution in [2.45, 2.75) is 27.2 Å². The largest absolute Gasteiger partial charge is 0.440 e. The van der Waals surface area contributed by atoms with Crippen molar-refractivity contribution in [1.29, 1.82) is 0 Å². The second-order valence-corrected chi connectivity index (χ2v) is 4.68. The molecule has 1 aromatic heterocycles. The van der Waals surface area contributed by atoms with E-state index < -0.39 is 0 Å². The molecule has 90 valence electrons. The van der Waals surface area contributed by atoms with Gasteiger partial charge in [0.25, 0.3) is 0 Å². The van der Waals surface area contributed by atoms with Gasteiger partial charge in [-0.15, -0.1) is 0 Å². The highest BCUT2D eigenvalue weighted by molar-refractivity contribution is 6.05. The first kappa shape index (κ1) is 11.6. The molecule has 0 aliphatic heterocycles. The molecule has 0 saturated heterocycles. The predicted octanol–water partition coefficient (Wildman–Crippen LogP) is 2.81. The van der Waals surface area contributed by atoms with Gasteiger partial charge in [0, 0.05) is 12.1 Å². The van der Waals surface area contributed by atoms with Gasteiger partial charge < -0.3 is 10.2 Å². The zero-order valence-electron chi connectivity index (χ0n) is 10.3. The maximum Gasteiger partial charge on any atom is 0.195 e. The summed E-state index contributed by atoms with van der Waals surface area (Å²) in [5.74, 6) is 1.05. The Bertz CT molecular complexity index is 570. The van der Waals surface area contributed by atoms with Crippen molar-refractivity contribution in [3.63, 3.8) is 0 Å². The van der Waals surface area contributed by atoms with E-state index in [4.69, 9.17) is 10.2 Å². The monoisotopic (exact) mass is 232 g/mol. The molecule has 0 aliphatic carbocycles. The molecule has 0 bridgehead atoms. The number of hydrogen-bond donors (Lipinski definition) is 1. The number of oxazole rings is 1. The van der Waals surface area contributed by atoms with Gasteiger partial charge in [-0.05, 0) is 25.0 Å². The molecule has 1 aromatic carbocycles. The highest BCUT2D eigenvalue weighted by Crippen LogP contribution is 2.24. The average Bonchev–Trinajstić information content (AvgIpc) is 2.56. The van der Waals surface area contributed by atoms with Crippen LogP contribution in [0.4, 0.5) is 5.69 Å². The van der Waals surface area contributed by atoms with Crippen molar-refractivity contribution >= 4 is 22.6 Å². The van der Waals surface area contributed by atoms with Gasteiger partial charge in [0.1, 0.15) is 5.52 Å². The van der Waals surface area contributed by atoms with E-state index in [0.717, 1.165) is 6.42 Å². The highest BCUT2D eigenvalue weighted by Gasteiger charge is 2.14. The smallest absolute Gasteiger partial charge is 0.195 e. The Morgan fingerprint density at radius 2 is 2.18 bits per heavy atom. The normalized spacial score (nSPS) is 11.3. The Morgan fingerprint density at radius 1 is 1.47 bits per heavy atom. The number of carbonyl (C=O) groups is 1. The van der Waals surface area contributed by atoms with Crippen molar-refractivity contribution in [3.8, 4) is 0 Å². The van der Waals surface area contributed by atoms with Gasteiger partial charge in [-0.25, -0.2) is 4.98 Å². The number of hydrogen-bond acceptors (Lipinski definition) is 4. The Morgan fingerprint density at radius 3 is 2.76 bits per heavy atom. The third-order valence-electron chi connectivity index (χ3n) is 2.52. The van der Waals surface area contributed by atoms with E-state index in [0.29, 0.717) is 34.2 Å². The molecule has 0 fully saturated rings. The molecule has 2 aromatic rings. The average molecular weight is 232 g/mol. The molecule has 2 rings (SSSR count). The summed E-state index contributed by atoms with van der Waals surface area (Å²) in [6.45, 7) is 5.68. The maximum atomic E-state index is 11.5. The topological polar surface area (TPSA) is 69.1 Å². The number of nitrogens with zero attached hydrogens (tertiary/aromatic N) is 1. The van der Waals surface area contributed by atoms with Gasteiger partial charge >= 0.3 is 0 Å². The lowest BCUT2D eigenvalue weighted by atomic mass is 10.1. The van der Waals surface area contributed by atoms with E-state index in [-0.39, 0.29) is 5.78 Å². The Kier molecular flexibility index (Phi) is 2.88. The second kappa shape index (κ2) is 4.20. The van der Waals surface area contributed by atoms with Crippen molar-refractivity contribution in [2.24, 2.45) is 5.92 Å². The van der Waals surface area contributed by atoms with E-state index in [1.54, 1.807) is 12.1 Å². The van der Waals surface area contributed by atoms with Crippen LogP contribution in [0.1, 0.15) is 37.0 Å². The second-order valence-electron chi connectivity index (χ2n) is 4.68. The third-order valence-corrected chi connectivity index (χ3v) is 2.52. The SMILES string of the molecule is CC(=O)c1cc(N)cc2nc(CC(C)C)oc12. The number of aromatic nitrogens is 1. The van der Waals surface area contributed by atoms with Crippen molar-refractivity contribution < 1.29 is 9.21 Å².